The molecule has 0 saturated heterocycles. The number of aromatic amines is 1. The quantitative estimate of drug-likeness (QED) is 0.0976. The van der Waals surface area contributed by atoms with Gasteiger partial charge in [-0.2, -0.15) is 11.8 Å². The molecule has 0 saturated carbocycles. The average molecular weight is 544 g/mol. The normalized spacial score (nSPS) is 14.0. The lowest BCUT2D eigenvalue weighted by molar-refractivity contribution is -0.142. The fourth-order valence-electron chi connectivity index (χ4n) is 3.13. The van der Waals surface area contributed by atoms with Crippen LogP contribution in [0.4, 0.5) is 0 Å². The fourth-order valence-corrected chi connectivity index (χ4v) is 3.61. The van der Waals surface area contributed by atoms with Gasteiger partial charge in [0.15, 0.2) is 0 Å². The molecule has 0 fully saturated rings. The third-order valence-corrected chi connectivity index (χ3v) is 5.79. The zero-order chi connectivity index (χ0) is 28.0. The van der Waals surface area contributed by atoms with Gasteiger partial charge in [-0.05, 0) is 31.3 Å². The third-order valence-electron chi connectivity index (χ3n) is 5.15. The van der Waals surface area contributed by atoms with Crippen molar-refractivity contribution in [2.24, 2.45) is 11.5 Å². The van der Waals surface area contributed by atoms with Crippen molar-refractivity contribution in [3.8, 4) is 0 Å². The monoisotopic (exact) mass is 543 g/mol. The van der Waals surface area contributed by atoms with E-state index < -0.39 is 66.2 Å². The second kappa shape index (κ2) is 16.2. The van der Waals surface area contributed by atoms with Gasteiger partial charge in [0.25, 0.3) is 0 Å². The molecule has 16 heteroatoms. The minimum Gasteiger partial charge on any atom is -0.481 e. The van der Waals surface area contributed by atoms with Crippen molar-refractivity contribution in [2.75, 3.05) is 12.0 Å². The summed E-state index contributed by atoms with van der Waals surface area (Å²) >= 11 is 1.38. The van der Waals surface area contributed by atoms with Gasteiger partial charge < -0.3 is 42.6 Å². The van der Waals surface area contributed by atoms with Crippen LogP contribution in [0, 0.1) is 0 Å². The van der Waals surface area contributed by atoms with E-state index in [1.165, 1.54) is 24.3 Å². The molecule has 1 heterocycles. The van der Waals surface area contributed by atoms with Crippen LogP contribution in [0.1, 0.15) is 37.8 Å². The molecule has 0 aliphatic carbocycles. The van der Waals surface area contributed by atoms with E-state index in [0.717, 1.165) is 0 Å². The zero-order valence-corrected chi connectivity index (χ0v) is 21.1. The molecular formula is C21H33N7O8S. The molecule has 206 valence electrons. The first-order chi connectivity index (χ1) is 17.4. The zero-order valence-electron chi connectivity index (χ0n) is 20.3. The number of amides is 4. The highest BCUT2D eigenvalue weighted by atomic mass is 32.2. The van der Waals surface area contributed by atoms with E-state index >= 15 is 0 Å². The number of nitrogens with one attached hydrogen (secondary N) is 4. The maximum absolute atomic E-state index is 13.0. The maximum Gasteiger partial charge on any atom is 0.326 e. The van der Waals surface area contributed by atoms with Crippen molar-refractivity contribution in [1.29, 1.82) is 0 Å². The van der Waals surface area contributed by atoms with E-state index in [0.29, 0.717) is 11.4 Å². The number of carbonyl (C=O) groups is 6. The van der Waals surface area contributed by atoms with Crippen molar-refractivity contribution < 1.29 is 39.0 Å². The van der Waals surface area contributed by atoms with Crippen LogP contribution < -0.4 is 27.4 Å². The van der Waals surface area contributed by atoms with Gasteiger partial charge in [0.05, 0.1) is 12.4 Å². The van der Waals surface area contributed by atoms with Gasteiger partial charge in [-0.3, -0.25) is 24.0 Å². The lowest BCUT2D eigenvalue weighted by Crippen LogP contribution is -2.57. The Bertz CT molecular complexity index is 943. The van der Waals surface area contributed by atoms with Crippen LogP contribution in [0.2, 0.25) is 0 Å². The summed E-state index contributed by atoms with van der Waals surface area (Å²) in [7, 11) is 0. The van der Waals surface area contributed by atoms with E-state index in [2.05, 4.69) is 25.9 Å². The van der Waals surface area contributed by atoms with Gasteiger partial charge in [-0.15, -0.1) is 0 Å². The predicted molar refractivity (Wildman–Crippen MR) is 132 cm³/mol. The number of aliphatic carboxylic acids is 2. The first-order valence-electron chi connectivity index (χ1n) is 11.3. The summed E-state index contributed by atoms with van der Waals surface area (Å²) in [4.78, 5) is 78.8. The second-order valence-corrected chi connectivity index (χ2v) is 9.11. The highest BCUT2D eigenvalue weighted by Crippen LogP contribution is 2.07. The largest absolute Gasteiger partial charge is 0.481 e. The second-order valence-electron chi connectivity index (χ2n) is 8.13. The Kier molecular flexibility index (Phi) is 13.7. The van der Waals surface area contributed by atoms with Crippen LogP contribution in [-0.4, -0.2) is 91.9 Å². The summed E-state index contributed by atoms with van der Waals surface area (Å²) in [5, 5.41) is 25.5. The van der Waals surface area contributed by atoms with E-state index in [-0.39, 0.29) is 32.1 Å². The Hall–Kier alpha value is -3.66. The molecule has 4 unspecified atom stereocenters. The number of hydrogen-bond acceptors (Lipinski definition) is 9. The summed E-state index contributed by atoms with van der Waals surface area (Å²) < 4.78 is 0. The standard InChI is InChI=1S/C21H33N7O8S/c1-37-7-6-15(21(35)36)28-20(34)13(2-4-16(23)29)27-19(33)14(3-5-17(30)31)26-18(32)12(22)8-11-9-24-10-25-11/h9-10,12-15H,2-8,22H2,1H3,(H2,23,29)(H,24,25)(H,26,32)(H,27,33)(H,28,34)(H,30,31)(H,35,36). The van der Waals surface area contributed by atoms with Crippen LogP contribution in [0.15, 0.2) is 12.5 Å². The number of aromatic nitrogens is 2. The number of imidazole rings is 1. The van der Waals surface area contributed by atoms with E-state index in [4.69, 9.17) is 16.6 Å². The van der Waals surface area contributed by atoms with Gasteiger partial charge in [-0.25, -0.2) is 9.78 Å². The molecule has 15 nitrogen and oxygen atoms in total. The van der Waals surface area contributed by atoms with Crippen molar-refractivity contribution >= 4 is 47.3 Å². The molecular weight excluding hydrogens is 510 g/mol. The minimum atomic E-state index is -1.38. The number of nitrogens with zero attached hydrogens (tertiary/aromatic N) is 1. The third kappa shape index (κ3) is 12.2. The maximum atomic E-state index is 13.0. The average Bonchev–Trinajstić information content (AvgIpc) is 3.33. The summed E-state index contributed by atoms with van der Waals surface area (Å²) in [5.74, 6) is -5.36. The topological polar surface area (TPSA) is 260 Å². The van der Waals surface area contributed by atoms with E-state index in [9.17, 15) is 33.9 Å². The van der Waals surface area contributed by atoms with Crippen LogP contribution in [0.5, 0.6) is 0 Å². The summed E-state index contributed by atoms with van der Waals surface area (Å²) in [6, 6.07) is -5.09. The number of H-pyrrole nitrogens is 1. The molecule has 4 atom stereocenters. The summed E-state index contributed by atoms with van der Waals surface area (Å²) in [6.45, 7) is 0. The smallest absolute Gasteiger partial charge is 0.326 e. The van der Waals surface area contributed by atoms with Crippen LogP contribution in [-0.2, 0) is 35.2 Å². The predicted octanol–water partition coefficient (Wildman–Crippen LogP) is -2.30. The van der Waals surface area contributed by atoms with Crippen LogP contribution >= 0.6 is 11.8 Å². The number of primary amides is 1. The van der Waals surface area contributed by atoms with Crippen molar-refractivity contribution in [2.45, 2.75) is 62.7 Å². The number of hydrogen-bond donors (Lipinski definition) is 8. The van der Waals surface area contributed by atoms with Crippen molar-refractivity contribution in [3.05, 3.63) is 18.2 Å². The Balaban J connectivity index is 2.99. The molecule has 1 aromatic heterocycles. The Morgan fingerprint density at radius 1 is 0.946 bits per heavy atom. The number of rotatable bonds is 18. The summed E-state index contributed by atoms with van der Waals surface area (Å²) in [5.41, 5.74) is 11.6. The Morgan fingerprint density at radius 3 is 2.00 bits per heavy atom. The van der Waals surface area contributed by atoms with Gasteiger partial charge in [0.1, 0.15) is 18.1 Å². The van der Waals surface area contributed by atoms with Gasteiger partial charge in [0.2, 0.25) is 23.6 Å². The molecule has 4 amide bonds. The van der Waals surface area contributed by atoms with Crippen molar-refractivity contribution in [1.82, 2.24) is 25.9 Å². The molecule has 0 aliphatic rings. The number of carboxylic acid groups (broad SMARTS) is 2. The summed E-state index contributed by atoms with van der Waals surface area (Å²) in [6.07, 6.45) is 3.45. The highest BCUT2D eigenvalue weighted by Gasteiger charge is 2.30. The van der Waals surface area contributed by atoms with Crippen LogP contribution in [0.3, 0.4) is 0 Å². The molecule has 10 N–H and O–H groups in total. The first kappa shape index (κ1) is 31.4. The molecule has 1 aromatic rings. The molecule has 1 rings (SSSR count). The van der Waals surface area contributed by atoms with E-state index in [1.807, 2.05) is 0 Å². The molecule has 0 bridgehead atoms. The van der Waals surface area contributed by atoms with Gasteiger partial charge in [-0.1, -0.05) is 0 Å². The first-order valence-corrected chi connectivity index (χ1v) is 12.7. The Labute approximate surface area is 216 Å². The molecule has 37 heavy (non-hydrogen) atoms. The molecule has 0 spiro atoms. The number of carbonyl (C=O) groups excluding carboxylic acids is 4. The number of carboxylic acids is 2. The minimum absolute atomic E-state index is 0.0648. The van der Waals surface area contributed by atoms with Gasteiger partial charge in [0, 0.05) is 31.2 Å². The highest BCUT2D eigenvalue weighted by molar-refractivity contribution is 7.98. The number of nitrogens with two attached hydrogens (primary N) is 2. The van der Waals surface area contributed by atoms with E-state index in [1.54, 1.807) is 6.26 Å². The molecule has 0 aliphatic heterocycles. The van der Waals surface area contributed by atoms with Gasteiger partial charge >= 0.3 is 11.9 Å². The lowest BCUT2D eigenvalue weighted by Gasteiger charge is -2.25. The Morgan fingerprint density at radius 2 is 1.51 bits per heavy atom. The fraction of sp³-hybridized carbons (Fsp3) is 0.571. The lowest BCUT2D eigenvalue weighted by atomic mass is 10.1. The number of thioether (sulfide) groups is 1. The molecule has 0 radical (unpaired) electrons. The van der Waals surface area contributed by atoms with Crippen molar-refractivity contribution in [3.63, 3.8) is 0 Å². The van der Waals surface area contributed by atoms with Crippen LogP contribution in [0.25, 0.3) is 0 Å². The SMILES string of the molecule is CSCCC(NC(=O)C(CCC(N)=O)NC(=O)C(CCC(=O)O)NC(=O)C(N)Cc1cnc[nH]1)C(=O)O. The molecule has 0 aromatic carbocycles.